The van der Waals surface area contributed by atoms with Gasteiger partial charge in [-0.15, -0.1) is 11.3 Å². The molecule has 0 bridgehead atoms. The Bertz CT molecular complexity index is 670. The summed E-state index contributed by atoms with van der Waals surface area (Å²) in [4.78, 5) is 14.9. The van der Waals surface area contributed by atoms with Crippen molar-refractivity contribution in [2.24, 2.45) is 0 Å². The summed E-state index contributed by atoms with van der Waals surface area (Å²) < 4.78 is 1.78. The van der Waals surface area contributed by atoms with Gasteiger partial charge in [-0.1, -0.05) is 29.3 Å². The van der Waals surface area contributed by atoms with Gasteiger partial charge in [0.2, 0.25) is 0 Å². The zero-order valence-corrected chi connectivity index (χ0v) is 16.7. The Morgan fingerprint density at radius 1 is 1.29 bits per heavy atom. The molecule has 1 atom stereocenters. The topological polar surface area (TPSA) is 20.3 Å². The second-order valence-electron chi connectivity index (χ2n) is 4.49. The van der Waals surface area contributed by atoms with Crippen LogP contribution in [0.4, 0.5) is 0 Å². The number of carbonyl (C=O) groups is 1. The van der Waals surface area contributed by atoms with Crippen molar-refractivity contribution in [3.8, 4) is 0 Å². The highest BCUT2D eigenvalue weighted by atomic mass is 79.9. The first-order chi connectivity index (χ1) is 9.81. The summed E-state index contributed by atoms with van der Waals surface area (Å²) in [5.41, 5.74) is 0.867. The molecule has 1 unspecified atom stereocenters. The van der Waals surface area contributed by atoms with Crippen molar-refractivity contribution in [2.75, 3.05) is 7.05 Å². The van der Waals surface area contributed by atoms with Crippen LogP contribution < -0.4 is 0 Å². The molecule has 0 N–H and O–H groups in total. The van der Waals surface area contributed by atoms with Gasteiger partial charge in [-0.2, -0.15) is 0 Å². The zero-order valence-electron chi connectivity index (χ0n) is 11.2. The molecule has 0 fully saturated rings. The van der Waals surface area contributed by atoms with Gasteiger partial charge < -0.3 is 4.90 Å². The van der Waals surface area contributed by atoms with Gasteiger partial charge in [0, 0.05) is 21.6 Å². The normalized spacial score (nSPS) is 12.3. The Kier molecular flexibility index (Phi) is 5.77. The third-order valence-corrected chi connectivity index (χ3v) is 6.98. The van der Waals surface area contributed by atoms with E-state index in [4.69, 9.17) is 23.2 Å². The van der Waals surface area contributed by atoms with Gasteiger partial charge in [-0.3, -0.25) is 4.79 Å². The minimum absolute atomic E-state index is 0.0510. The number of halogens is 4. The monoisotopic (exact) mass is 469 g/mol. The third kappa shape index (κ3) is 3.82. The van der Waals surface area contributed by atoms with Gasteiger partial charge in [0.1, 0.15) is 0 Å². The van der Waals surface area contributed by atoms with E-state index in [1.807, 2.05) is 19.1 Å². The molecule has 112 valence electrons. The summed E-state index contributed by atoms with van der Waals surface area (Å²) in [6.07, 6.45) is 0. The van der Waals surface area contributed by atoms with Crippen molar-refractivity contribution in [3.05, 3.63) is 53.0 Å². The summed E-state index contributed by atoms with van der Waals surface area (Å²) >= 11 is 20.3. The van der Waals surface area contributed by atoms with E-state index in [-0.39, 0.29) is 11.9 Å². The molecule has 0 spiro atoms. The predicted molar refractivity (Wildman–Crippen MR) is 96.7 cm³/mol. The molecule has 1 aromatic carbocycles. The molecule has 2 aromatic rings. The molecule has 0 radical (unpaired) electrons. The lowest BCUT2D eigenvalue weighted by molar-refractivity contribution is 0.0747. The Balaban J connectivity index is 2.26. The fraction of sp³-hybridized carbons (Fsp3) is 0.214. The van der Waals surface area contributed by atoms with Gasteiger partial charge in [-0.05, 0) is 62.5 Å². The van der Waals surface area contributed by atoms with Crippen LogP contribution in [-0.2, 0) is 0 Å². The molecule has 21 heavy (non-hydrogen) atoms. The molecule has 0 saturated carbocycles. The lowest BCUT2D eigenvalue weighted by Crippen LogP contribution is -2.29. The van der Waals surface area contributed by atoms with Gasteiger partial charge in [0.15, 0.2) is 0 Å². The van der Waals surface area contributed by atoms with E-state index >= 15 is 0 Å². The van der Waals surface area contributed by atoms with E-state index in [9.17, 15) is 4.79 Å². The first-order valence-corrected chi connectivity index (χ1v) is 9.14. The second-order valence-corrected chi connectivity index (χ2v) is 8.56. The SMILES string of the molecule is CC(c1ccc(Cl)cc1Cl)N(C)C(=O)c1cc(Br)c(Br)s1. The molecule has 0 aliphatic heterocycles. The van der Waals surface area contributed by atoms with Gasteiger partial charge in [0.25, 0.3) is 5.91 Å². The number of hydrogen-bond acceptors (Lipinski definition) is 2. The first-order valence-electron chi connectivity index (χ1n) is 5.98. The summed E-state index contributed by atoms with van der Waals surface area (Å²) in [5, 5.41) is 1.14. The molecular weight excluding hydrogens is 461 g/mol. The molecular formula is C14H11Br2Cl2NOS. The number of rotatable bonds is 3. The quantitative estimate of drug-likeness (QED) is 0.506. The molecule has 1 amide bonds. The second kappa shape index (κ2) is 7.01. The number of thiophene rings is 1. The van der Waals surface area contributed by atoms with Crippen LogP contribution in [0.2, 0.25) is 10.0 Å². The highest BCUT2D eigenvalue weighted by Gasteiger charge is 2.22. The van der Waals surface area contributed by atoms with Crippen LogP contribution in [0.1, 0.15) is 28.2 Å². The van der Waals surface area contributed by atoms with Gasteiger partial charge >= 0.3 is 0 Å². The van der Waals surface area contributed by atoms with Gasteiger partial charge in [-0.25, -0.2) is 0 Å². The Morgan fingerprint density at radius 3 is 2.48 bits per heavy atom. The number of hydrogen-bond donors (Lipinski definition) is 0. The molecule has 1 heterocycles. The van der Waals surface area contributed by atoms with E-state index in [0.717, 1.165) is 13.8 Å². The number of benzene rings is 1. The van der Waals surface area contributed by atoms with Crippen LogP contribution in [-0.4, -0.2) is 17.9 Å². The van der Waals surface area contributed by atoms with E-state index in [1.165, 1.54) is 11.3 Å². The maximum atomic E-state index is 12.5. The molecule has 0 aliphatic rings. The molecule has 0 saturated heterocycles. The largest absolute Gasteiger partial charge is 0.334 e. The smallest absolute Gasteiger partial charge is 0.264 e. The zero-order chi connectivity index (χ0) is 15.7. The van der Waals surface area contributed by atoms with Crippen LogP contribution in [0.15, 0.2) is 32.5 Å². The lowest BCUT2D eigenvalue weighted by Gasteiger charge is -2.25. The fourth-order valence-electron chi connectivity index (χ4n) is 1.85. The first kappa shape index (κ1) is 17.3. The summed E-state index contributed by atoms with van der Waals surface area (Å²) in [5.74, 6) is -0.0510. The van der Waals surface area contributed by atoms with Crippen molar-refractivity contribution >= 4 is 72.3 Å². The number of nitrogens with zero attached hydrogens (tertiary/aromatic N) is 1. The molecule has 0 aliphatic carbocycles. The number of amides is 1. The van der Waals surface area contributed by atoms with Crippen LogP contribution >= 0.6 is 66.4 Å². The van der Waals surface area contributed by atoms with E-state index in [1.54, 1.807) is 24.1 Å². The standard InChI is InChI=1S/C14H11Br2Cl2NOS/c1-7(9-4-3-8(17)5-11(9)18)19(2)14(20)12-6-10(15)13(16)21-12/h3-7H,1-2H3. The van der Waals surface area contributed by atoms with Crippen LogP contribution in [0.5, 0.6) is 0 Å². The van der Waals surface area contributed by atoms with Crippen LogP contribution in [0.3, 0.4) is 0 Å². The van der Waals surface area contributed by atoms with Crippen LogP contribution in [0, 0.1) is 0 Å². The molecule has 2 rings (SSSR count). The van der Waals surface area contributed by atoms with Crippen molar-refractivity contribution < 1.29 is 4.79 Å². The average molecular weight is 472 g/mol. The summed E-state index contributed by atoms with van der Waals surface area (Å²) in [6.45, 7) is 1.94. The third-order valence-electron chi connectivity index (χ3n) is 3.17. The highest BCUT2D eigenvalue weighted by Crippen LogP contribution is 2.35. The van der Waals surface area contributed by atoms with Crippen molar-refractivity contribution in [2.45, 2.75) is 13.0 Å². The van der Waals surface area contributed by atoms with E-state index in [0.29, 0.717) is 14.9 Å². The summed E-state index contributed by atoms with van der Waals surface area (Å²) in [7, 11) is 1.76. The van der Waals surface area contributed by atoms with Crippen molar-refractivity contribution in [1.29, 1.82) is 0 Å². The Labute approximate surface area is 154 Å². The van der Waals surface area contributed by atoms with Crippen LogP contribution in [0.25, 0.3) is 0 Å². The average Bonchev–Trinajstić information content (AvgIpc) is 2.76. The minimum Gasteiger partial charge on any atom is -0.334 e. The maximum absolute atomic E-state index is 12.5. The minimum atomic E-state index is -0.151. The highest BCUT2D eigenvalue weighted by molar-refractivity contribution is 9.13. The molecule has 2 nitrogen and oxygen atoms in total. The van der Waals surface area contributed by atoms with E-state index in [2.05, 4.69) is 31.9 Å². The summed E-state index contributed by atoms with van der Waals surface area (Å²) in [6, 6.07) is 6.96. The Morgan fingerprint density at radius 2 is 1.95 bits per heavy atom. The maximum Gasteiger partial charge on any atom is 0.264 e. The fourth-order valence-corrected chi connectivity index (χ4v) is 4.44. The molecule has 7 heteroatoms. The lowest BCUT2D eigenvalue weighted by atomic mass is 10.1. The molecule has 1 aromatic heterocycles. The number of carbonyl (C=O) groups excluding carboxylic acids is 1. The van der Waals surface area contributed by atoms with Crippen molar-refractivity contribution in [1.82, 2.24) is 4.90 Å². The Hall–Kier alpha value is -0.0700. The predicted octanol–water partition coefficient (Wildman–Crippen LogP) is 6.41. The van der Waals surface area contributed by atoms with E-state index < -0.39 is 0 Å². The van der Waals surface area contributed by atoms with Gasteiger partial charge in [0.05, 0.1) is 14.7 Å². The van der Waals surface area contributed by atoms with Crippen molar-refractivity contribution in [3.63, 3.8) is 0 Å².